The second-order valence-electron chi connectivity index (χ2n) is 7.91. The molecule has 0 unspecified atom stereocenters. The van der Waals surface area contributed by atoms with E-state index in [1.54, 1.807) is 0 Å². The molecule has 2 aromatic rings. The molecule has 0 spiro atoms. The molecule has 5 nitrogen and oxygen atoms in total. The minimum Gasteiger partial charge on any atom is -0.342 e. The minimum absolute atomic E-state index is 0.253. The molecule has 0 aromatic carbocycles. The van der Waals surface area contributed by atoms with E-state index in [0.29, 0.717) is 5.92 Å². The fraction of sp³-hybridized carbons (Fsp3) is 0.550. The van der Waals surface area contributed by atoms with E-state index < -0.39 is 0 Å². The first-order valence-electron chi connectivity index (χ1n) is 9.16. The molecule has 25 heavy (non-hydrogen) atoms. The van der Waals surface area contributed by atoms with Crippen molar-refractivity contribution in [1.29, 1.82) is 0 Å². The number of likely N-dealkylation sites (tertiary alicyclic amines) is 1. The molecule has 1 atom stereocenters. The third-order valence-electron chi connectivity index (χ3n) is 4.80. The lowest BCUT2D eigenvalue weighted by Gasteiger charge is -2.25. The van der Waals surface area contributed by atoms with Gasteiger partial charge in [-0.25, -0.2) is 0 Å². The van der Waals surface area contributed by atoms with Gasteiger partial charge in [-0.3, -0.25) is 14.5 Å². The maximum atomic E-state index is 12.4. The molecule has 1 saturated heterocycles. The van der Waals surface area contributed by atoms with E-state index in [2.05, 4.69) is 24.2 Å². The second-order valence-corrected chi connectivity index (χ2v) is 7.91. The monoisotopic (exact) mass is 340 g/mol. The lowest BCUT2D eigenvalue weighted by atomic mass is 9.95. The summed E-state index contributed by atoms with van der Waals surface area (Å²) < 4.78 is 1.96. The van der Waals surface area contributed by atoms with Crippen LogP contribution in [0.15, 0.2) is 30.5 Å². The van der Waals surface area contributed by atoms with Gasteiger partial charge in [0.2, 0.25) is 5.91 Å². The molecule has 134 valence electrons. The zero-order valence-electron chi connectivity index (χ0n) is 15.7. The summed E-state index contributed by atoms with van der Waals surface area (Å²) in [4.78, 5) is 19.3. The summed E-state index contributed by atoms with van der Waals surface area (Å²) in [5.74, 6) is 0.744. The Morgan fingerprint density at radius 2 is 2.08 bits per heavy atom. The van der Waals surface area contributed by atoms with Crippen LogP contribution in [0.4, 0.5) is 0 Å². The van der Waals surface area contributed by atoms with Crippen molar-refractivity contribution in [2.75, 3.05) is 13.1 Å². The lowest BCUT2D eigenvalue weighted by Crippen LogP contribution is -2.38. The predicted octanol–water partition coefficient (Wildman–Crippen LogP) is 3.40. The number of carbonyl (C=O) groups excluding carboxylic acids is 1. The third-order valence-corrected chi connectivity index (χ3v) is 4.80. The molecule has 0 aliphatic carbocycles. The van der Waals surface area contributed by atoms with E-state index in [1.807, 2.05) is 48.7 Å². The molecular formula is C20H28N4O. The number of carbonyl (C=O) groups is 1. The average Bonchev–Trinajstić information content (AvgIpc) is 3.22. The Balaban J connectivity index is 1.69. The van der Waals surface area contributed by atoms with Crippen LogP contribution >= 0.6 is 0 Å². The number of rotatable bonds is 4. The first-order chi connectivity index (χ1) is 11.9. The molecule has 1 aliphatic heterocycles. The fourth-order valence-electron chi connectivity index (χ4n) is 3.49. The Hall–Kier alpha value is -2.17. The normalized spacial score (nSPS) is 17.9. The smallest absolute Gasteiger partial charge is 0.227 e. The summed E-state index contributed by atoms with van der Waals surface area (Å²) in [6, 6.07) is 8.20. The molecule has 1 aliphatic rings. The summed E-state index contributed by atoms with van der Waals surface area (Å²) in [5.41, 5.74) is 2.82. The van der Waals surface area contributed by atoms with Crippen molar-refractivity contribution in [3.63, 3.8) is 0 Å². The summed E-state index contributed by atoms with van der Waals surface area (Å²) in [6.45, 7) is 10.6. The fourth-order valence-corrected chi connectivity index (χ4v) is 3.49. The third kappa shape index (κ3) is 3.91. The maximum absolute atomic E-state index is 12.4. The molecule has 0 radical (unpaired) electrons. The topological polar surface area (TPSA) is 51.0 Å². The van der Waals surface area contributed by atoms with Gasteiger partial charge in [0.15, 0.2) is 0 Å². The van der Waals surface area contributed by atoms with Gasteiger partial charge in [-0.15, -0.1) is 0 Å². The van der Waals surface area contributed by atoms with Gasteiger partial charge < -0.3 is 4.90 Å². The highest BCUT2D eigenvalue weighted by Gasteiger charge is 2.32. The largest absolute Gasteiger partial charge is 0.342 e. The number of amides is 1. The molecule has 3 rings (SSSR count). The minimum atomic E-state index is -0.300. The maximum Gasteiger partial charge on any atom is 0.227 e. The van der Waals surface area contributed by atoms with Crippen molar-refractivity contribution in [3.05, 3.63) is 36.2 Å². The zero-order valence-corrected chi connectivity index (χ0v) is 15.7. The van der Waals surface area contributed by atoms with Crippen LogP contribution in [-0.2, 0) is 17.8 Å². The molecular weight excluding hydrogens is 312 g/mol. The number of aromatic nitrogens is 3. The summed E-state index contributed by atoms with van der Waals surface area (Å²) in [7, 11) is 0. The van der Waals surface area contributed by atoms with E-state index in [1.165, 1.54) is 0 Å². The van der Waals surface area contributed by atoms with E-state index in [4.69, 9.17) is 4.98 Å². The van der Waals surface area contributed by atoms with Crippen LogP contribution in [0.5, 0.6) is 0 Å². The Morgan fingerprint density at radius 3 is 2.80 bits per heavy atom. The van der Waals surface area contributed by atoms with Crippen molar-refractivity contribution < 1.29 is 4.79 Å². The van der Waals surface area contributed by atoms with Crippen molar-refractivity contribution in [1.82, 2.24) is 19.7 Å². The Labute approximate surface area is 150 Å². The van der Waals surface area contributed by atoms with Crippen molar-refractivity contribution in [2.45, 2.75) is 47.1 Å². The highest BCUT2D eigenvalue weighted by molar-refractivity contribution is 5.81. The highest BCUT2D eigenvalue weighted by atomic mass is 16.2. The van der Waals surface area contributed by atoms with Crippen LogP contribution in [0, 0.1) is 11.3 Å². The van der Waals surface area contributed by atoms with Crippen molar-refractivity contribution >= 4 is 5.91 Å². The van der Waals surface area contributed by atoms with Crippen LogP contribution in [-0.4, -0.2) is 38.7 Å². The summed E-state index contributed by atoms with van der Waals surface area (Å²) >= 11 is 0. The Bertz CT molecular complexity index is 744. The molecule has 1 fully saturated rings. The molecule has 2 aromatic heterocycles. The highest BCUT2D eigenvalue weighted by Crippen LogP contribution is 2.26. The molecule has 0 bridgehead atoms. The Kier molecular flexibility index (Phi) is 4.93. The van der Waals surface area contributed by atoms with Crippen molar-refractivity contribution in [2.24, 2.45) is 11.3 Å². The quantitative estimate of drug-likeness (QED) is 0.857. The number of pyridine rings is 1. The van der Waals surface area contributed by atoms with Crippen LogP contribution in [0.1, 0.15) is 39.8 Å². The van der Waals surface area contributed by atoms with Gasteiger partial charge in [-0.05, 0) is 43.9 Å². The zero-order chi connectivity index (χ0) is 18.0. The first-order valence-corrected chi connectivity index (χ1v) is 9.16. The number of nitrogens with zero attached hydrogens (tertiary/aromatic N) is 4. The van der Waals surface area contributed by atoms with Gasteiger partial charge in [0.1, 0.15) is 0 Å². The number of hydrogen-bond donors (Lipinski definition) is 0. The lowest BCUT2D eigenvalue weighted by molar-refractivity contribution is -0.138. The molecule has 5 heteroatoms. The van der Waals surface area contributed by atoms with Gasteiger partial charge in [0.25, 0.3) is 0 Å². The van der Waals surface area contributed by atoms with Gasteiger partial charge in [0, 0.05) is 36.9 Å². The van der Waals surface area contributed by atoms with E-state index in [9.17, 15) is 4.79 Å². The van der Waals surface area contributed by atoms with Crippen LogP contribution in [0.25, 0.3) is 11.4 Å². The number of aryl methyl sites for hydroxylation is 1. The van der Waals surface area contributed by atoms with Crippen LogP contribution < -0.4 is 0 Å². The molecule has 3 heterocycles. The Morgan fingerprint density at radius 1 is 1.28 bits per heavy atom. The average molecular weight is 340 g/mol. The van der Waals surface area contributed by atoms with E-state index in [-0.39, 0.29) is 11.3 Å². The van der Waals surface area contributed by atoms with Gasteiger partial charge in [0.05, 0.1) is 11.4 Å². The SMILES string of the molecule is CCn1nccc1-c1cccc(C[C@@H]2CCN(C(=O)C(C)(C)C)C2)n1. The molecule has 1 amide bonds. The van der Waals surface area contributed by atoms with E-state index in [0.717, 1.165) is 49.6 Å². The van der Waals surface area contributed by atoms with Gasteiger partial charge in [-0.2, -0.15) is 5.10 Å². The number of hydrogen-bond acceptors (Lipinski definition) is 3. The first kappa shape index (κ1) is 17.6. The molecule has 0 saturated carbocycles. The second kappa shape index (κ2) is 6.98. The van der Waals surface area contributed by atoms with Gasteiger partial charge >= 0.3 is 0 Å². The standard InChI is InChI=1S/C20H28N4O/c1-5-24-18(9-11-21-24)17-8-6-7-16(22-17)13-15-10-12-23(14-15)19(25)20(2,3)4/h6-9,11,15H,5,10,12-14H2,1-4H3/t15-/m0/s1. The molecule has 0 N–H and O–H groups in total. The summed E-state index contributed by atoms with van der Waals surface area (Å²) in [5, 5.41) is 4.33. The van der Waals surface area contributed by atoms with Crippen molar-refractivity contribution in [3.8, 4) is 11.4 Å². The summed E-state index contributed by atoms with van der Waals surface area (Å²) in [6.07, 6.45) is 3.79. The van der Waals surface area contributed by atoms with E-state index >= 15 is 0 Å². The van der Waals surface area contributed by atoms with Crippen LogP contribution in [0.3, 0.4) is 0 Å². The van der Waals surface area contributed by atoms with Crippen LogP contribution in [0.2, 0.25) is 0 Å². The van der Waals surface area contributed by atoms with Gasteiger partial charge in [-0.1, -0.05) is 26.8 Å². The predicted molar refractivity (Wildman–Crippen MR) is 99.0 cm³/mol.